The molecule has 5 rings (SSSR count). The number of amides is 2. The molecule has 1 aromatic heterocycles. The van der Waals surface area contributed by atoms with E-state index < -0.39 is 0 Å². The maximum atomic E-state index is 13.7. The average molecular weight is 435 g/mol. The molecule has 2 aromatic carbocycles. The third kappa shape index (κ3) is 2.97. The van der Waals surface area contributed by atoms with E-state index in [2.05, 4.69) is 6.07 Å². The van der Waals surface area contributed by atoms with Gasteiger partial charge in [0.2, 0.25) is 0 Å². The highest BCUT2D eigenvalue weighted by molar-refractivity contribution is 7.11. The predicted octanol–water partition coefficient (Wildman–Crippen LogP) is 5.45. The van der Waals surface area contributed by atoms with Gasteiger partial charge in [-0.15, -0.1) is 11.3 Å². The molecule has 2 aliphatic heterocycles. The number of carbonyl (C=O) groups is 2. The van der Waals surface area contributed by atoms with Crippen molar-refractivity contribution in [3.63, 3.8) is 0 Å². The third-order valence-electron chi connectivity index (χ3n) is 5.62. The van der Waals surface area contributed by atoms with Gasteiger partial charge in [0.15, 0.2) is 0 Å². The molecule has 0 saturated heterocycles. The molecule has 0 atom stereocenters. The van der Waals surface area contributed by atoms with E-state index in [9.17, 15) is 9.59 Å². The van der Waals surface area contributed by atoms with Crippen LogP contribution < -0.4 is 9.80 Å². The summed E-state index contributed by atoms with van der Waals surface area (Å²) in [5.74, 6) is -0.611. The molecule has 3 aromatic rings. The van der Waals surface area contributed by atoms with Crippen molar-refractivity contribution in [2.24, 2.45) is 0 Å². The second-order valence-corrected chi connectivity index (χ2v) is 8.82. The molecule has 6 heteroatoms. The molecule has 2 aliphatic rings. The molecule has 0 unspecified atom stereocenters. The first-order chi connectivity index (χ1) is 14.6. The van der Waals surface area contributed by atoms with Crippen molar-refractivity contribution in [2.45, 2.75) is 19.8 Å². The quantitative estimate of drug-likeness (QED) is 0.515. The number of hydrogen-bond acceptors (Lipinski definition) is 4. The molecule has 0 N–H and O–H groups in total. The van der Waals surface area contributed by atoms with Gasteiger partial charge < -0.3 is 4.90 Å². The number of rotatable bonds is 3. The first kappa shape index (κ1) is 19.1. The van der Waals surface area contributed by atoms with Crippen molar-refractivity contribution in [3.8, 4) is 0 Å². The summed E-state index contributed by atoms with van der Waals surface area (Å²) in [6, 6.07) is 17.2. The Kier molecular flexibility index (Phi) is 4.72. The van der Waals surface area contributed by atoms with Crippen molar-refractivity contribution in [3.05, 3.63) is 86.7 Å². The van der Waals surface area contributed by atoms with E-state index in [1.54, 1.807) is 12.1 Å². The van der Waals surface area contributed by atoms with Crippen LogP contribution in [0.15, 0.2) is 65.7 Å². The molecule has 3 heterocycles. The summed E-state index contributed by atoms with van der Waals surface area (Å²) >= 11 is 7.77. The molecule has 150 valence electrons. The van der Waals surface area contributed by atoms with Crippen LogP contribution in [0.4, 0.5) is 11.4 Å². The van der Waals surface area contributed by atoms with Gasteiger partial charge in [-0.2, -0.15) is 0 Å². The lowest BCUT2D eigenvalue weighted by molar-refractivity contribution is -0.120. The van der Waals surface area contributed by atoms with Crippen LogP contribution in [-0.4, -0.2) is 18.4 Å². The fraction of sp³-hybridized carbons (Fsp3) is 0.167. The number of nitrogens with zero attached hydrogens (tertiary/aromatic N) is 2. The van der Waals surface area contributed by atoms with Gasteiger partial charge in [-0.05, 0) is 60.5 Å². The Hall–Kier alpha value is -2.89. The molecular weight excluding hydrogens is 416 g/mol. The van der Waals surface area contributed by atoms with Crippen LogP contribution in [0, 0.1) is 6.92 Å². The van der Waals surface area contributed by atoms with Crippen molar-refractivity contribution in [2.75, 3.05) is 16.3 Å². The Balaban J connectivity index is 1.68. The Bertz CT molecular complexity index is 1200. The van der Waals surface area contributed by atoms with Gasteiger partial charge in [0.05, 0.1) is 11.3 Å². The van der Waals surface area contributed by atoms with E-state index in [0.29, 0.717) is 28.5 Å². The number of carbonyl (C=O) groups excluding carboxylic acids is 2. The van der Waals surface area contributed by atoms with E-state index in [1.807, 2.05) is 53.6 Å². The van der Waals surface area contributed by atoms with Crippen molar-refractivity contribution < 1.29 is 9.59 Å². The lowest BCUT2D eigenvalue weighted by Gasteiger charge is -2.32. The van der Waals surface area contributed by atoms with Gasteiger partial charge in [-0.1, -0.05) is 41.9 Å². The maximum Gasteiger partial charge on any atom is 0.282 e. The first-order valence-corrected chi connectivity index (χ1v) is 11.1. The number of imide groups is 1. The summed E-state index contributed by atoms with van der Waals surface area (Å²) in [5, 5.41) is 2.45. The Morgan fingerprint density at radius 2 is 1.83 bits per heavy atom. The fourth-order valence-electron chi connectivity index (χ4n) is 4.13. The molecule has 0 spiro atoms. The second kappa shape index (κ2) is 7.42. The van der Waals surface area contributed by atoms with Crippen LogP contribution in [0.1, 0.15) is 22.4 Å². The highest BCUT2D eigenvalue weighted by Crippen LogP contribution is 2.41. The van der Waals surface area contributed by atoms with Gasteiger partial charge in [0, 0.05) is 22.1 Å². The molecular formula is C24H19ClN2O2S. The molecule has 2 amide bonds. The Morgan fingerprint density at radius 3 is 2.60 bits per heavy atom. The molecule has 0 aliphatic carbocycles. The number of fused-ring (bicyclic) bond motifs is 1. The van der Waals surface area contributed by atoms with Crippen LogP contribution in [-0.2, 0) is 16.0 Å². The van der Waals surface area contributed by atoms with Crippen molar-refractivity contribution in [1.29, 1.82) is 0 Å². The molecule has 0 bridgehead atoms. The molecule has 0 radical (unpaired) electrons. The molecule has 30 heavy (non-hydrogen) atoms. The summed E-state index contributed by atoms with van der Waals surface area (Å²) in [6.07, 6.45) is 1.89. The number of thiophene rings is 1. The van der Waals surface area contributed by atoms with Crippen LogP contribution in [0.3, 0.4) is 0 Å². The predicted molar refractivity (Wildman–Crippen MR) is 122 cm³/mol. The monoisotopic (exact) mass is 434 g/mol. The zero-order chi connectivity index (χ0) is 20.8. The topological polar surface area (TPSA) is 40.6 Å². The number of halogens is 1. The Morgan fingerprint density at radius 1 is 1.00 bits per heavy atom. The van der Waals surface area contributed by atoms with Gasteiger partial charge in [0.1, 0.15) is 5.70 Å². The zero-order valence-electron chi connectivity index (χ0n) is 16.4. The minimum Gasteiger partial charge on any atom is -0.336 e. The van der Waals surface area contributed by atoms with E-state index >= 15 is 0 Å². The average Bonchev–Trinajstić information content (AvgIpc) is 3.36. The smallest absolute Gasteiger partial charge is 0.282 e. The fourth-order valence-corrected chi connectivity index (χ4v) is 5.07. The van der Waals surface area contributed by atoms with E-state index in [1.165, 1.54) is 21.8 Å². The van der Waals surface area contributed by atoms with Crippen LogP contribution >= 0.6 is 22.9 Å². The summed E-state index contributed by atoms with van der Waals surface area (Å²) in [5.41, 5.74) is 4.50. The summed E-state index contributed by atoms with van der Waals surface area (Å²) < 4.78 is 0. The minimum atomic E-state index is -0.306. The van der Waals surface area contributed by atoms with Crippen LogP contribution in [0.5, 0.6) is 0 Å². The lowest BCUT2D eigenvalue weighted by Crippen LogP contribution is -2.37. The highest BCUT2D eigenvalue weighted by Gasteiger charge is 2.44. The van der Waals surface area contributed by atoms with Gasteiger partial charge in [-0.25, -0.2) is 4.90 Å². The second-order valence-electron chi connectivity index (χ2n) is 7.46. The highest BCUT2D eigenvalue weighted by atomic mass is 35.5. The van der Waals surface area contributed by atoms with Crippen molar-refractivity contribution >= 4 is 51.7 Å². The molecule has 0 saturated carbocycles. The van der Waals surface area contributed by atoms with Crippen molar-refractivity contribution in [1.82, 2.24) is 0 Å². The molecule has 4 nitrogen and oxygen atoms in total. The maximum absolute atomic E-state index is 13.7. The van der Waals surface area contributed by atoms with Gasteiger partial charge in [-0.3, -0.25) is 9.59 Å². The normalized spacial score (nSPS) is 16.5. The summed E-state index contributed by atoms with van der Waals surface area (Å²) in [6.45, 7) is 2.59. The molecule has 0 fully saturated rings. The number of benzene rings is 2. The minimum absolute atomic E-state index is 0.305. The zero-order valence-corrected chi connectivity index (χ0v) is 18.0. The third-order valence-corrected chi connectivity index (χ3v) is 6.92. The van der Waals surface area contributed by atoms with E-state index in [4.69, 9.17) is 11.6 Å². The van der Waals surface area contributed by atoms with Crippen LogP contribution in [0.2, 0.25) is 5.02 Å². The summed E-state index contributed by atoms with van der Waals surface area (Å²) in [7, 11) is 0. The van der Waals surface area contributed by atoms with Crippen LogP contribution in [0.25, 0.3) is 5.57 Å². The van der Waals surface area contributed by atoms with Gasteiger partial charge >= 0.3 is 0 Å². The summed E-state index contributed by atoms with van der Waals surface area (Å²) in [4.78, 5) is 31.3. The largest absolute Gasteiger partial charge is 0.336 e. The Labute approximate surface area is 184 Å². The number of anilines is 2. The standard InChI is InChI=1S/C24H19ClN2O2S/c1-15-10-11-17(14-18(15)25)27-23(28)21(20-9-5-13-30-20)22(24(27)29)26-12-4-7-16-6-2-3-8-19(16)26/h2-3,5-6,8-11,13-14H,4,7,12H2,1H3. The van der Waals surface area contributed by atoms with E-state index in [-0.39, 0.29) is 11.8 Å². The number of aryl methyl sites for hydroxylation is 2. The lowest BCUT2D eigenvalue weighted by atomic mass is 10.00. The first-order valence-electron chi connectivity index (χ1n) is 9.85. The number of para-hydroxylation sites is 1. The van der Waals surface area contributed by atoms with Gasteiger partial charge in [0.25, 0.3) is 11.8 Å². The number of hydrogen-bond donors (Lipinski definition) is 0. The van der Waals surface area contributed by atoms with E-state index in [0.717, 1.165) is 29.0 Å². The SMILES string of the molecule is Cc1ccc(N2C(=O)C(c3cccs3)=C(N3CCCc4ccccc43)C2=O)cc1Cl.